The van der Waals surface area contributed by atoms with Crippen LogP contribution >= 0.6 is 11.6 Å². The number of fused-ring (bicyclic) bond motifs is 1. The van der Waals surface area contributed by atoms with Gasteiger partial charge in [0.05, 0.1) is 18.2 Å². The summed E-state index contributed by atoms with van der Waals surface area (Å²) in [6.07, 6.45) is 0. The van der Waals surface area contributed by atoms with Crippen LogP contribution in [0.1, 0.15) is 0 Å². The van der Waals surface area contributed by atoms with Gasteiger partial charge in [0.2, 0.25) is 0 Å². The molecule has 0 fully saturated rings. The molecule has 2 aromatic carbocycles. The molecule has 3 rings (SSSR count). The Morgan fingerprint density at radius 1 is 1.10 bits per heavy atom. The molecule has 0 amide bonds. The molecule has 0 atom stereocenters. The second kappa shape index (κ2) is 5.26. The van der Waals surface area contributed by atoms with E-state index in [1.165, 1.54) is 37.4 Å². The number of benzene rings is 2. The Bertz CT molecular complexity index is 839. The van der Waals surface area contributed by atoms with Crippen molar-refractivity contribution in [2.24, 2.45) is 0 Å². The lowest BCUT2D eigenvalue weighted by Crippen LogP contribution is -1.98. The van der Waals surface area contributed by atoms with E-state index in [4.69, 9.17) is 16.3 Å². The van der Waals surface area contributed by atoms with Crippen molar-refractivity contribution in [1.82, 2.24) is 9.97 Å². The summed E-state index contributed by atoms with van der Waals surface area (Å²) in [5.41, 5.74) is 0.392. The molecule has 0 N–H and O–H groups in total. The molecule has 0 spiro atoms. The maximum Gasteiger partial charge on any atom is 0.168 e. The van der Waals surface area contributed by atoms with Gasteiger partial charge in [-0.25, -0.2) is 18.7 Å². The van der Waals surface area contributed by atoms with Gasteiger partial charge >= 0.3 is 0 Å². The summed E-state index contributed by atoms with van der Waals surface area (Å²) in [7, 11) is 1.42. The van der Waals surface area contributed by atoms with Crippen molar-refractivity contribution in [2.45, 2.75) is 0 Å². The van der Waals surface area contributed by atoms with Crippen molar-refractivity contribution >= 4 is 22.5 Å². The standard InChI is InChI=1S/C15H9ClF2N2O/c1-21-12-4-2-3-10(18)13(12)15-19-11-7-8(17)5-6-9(11)14(16)20-15/h2-7H,1H3. The van der Waals surface area contributed by atoms with Gasteiger partial charge < -0.3 is 4.74 Å². The van der Waals surface area contributed by atoms with Crippen LogP contribution in [-0.2, 0) is 0 Å². The predicted molar refractivity (Wildman–Crippen MR) is 76.5 cm³/mol. The zero-order valence-electron chi connectivity index (χ0n) is 10.9. The molecule has 3 nitrogen and oxygen atoms in total. The van der Waals surface area contributed by atoms with Crippen LogP contribution in [0.15, 0.2) is 36.4 Å². The van der Waals surface area contributed by atoms with Crippen LogP contribution in [0.3, 0.4) is 0 Å². The van der Waals surface area contributed by atoms with E-state index in [0.29, 0.717) is 10.9 Å². The molecule has 6 heteroatoms. The van der Waals surface area contributed by atoms with Crippen LogP contribution in [0.25, 0.3) is 22.3 Å². The van der Waals surface area contributed by atoms with Gasteiger partial charge in [-0.15, -0.1) is 0 Å². The number of rotatable bonds is 2. The highest BCUT2D eigenvalue weighted by molar-refractivity contribution is 6.34. The average Bonchev–Trinajstić information content (AvgIpc) is 2.46. The first-order valence-electron chi connectivity index (χ1n) is 6.06. The summed E-state index contributed by atoms with van der Waals surface area (Å²) < 4.78 is 32.5. The molecule has 0 bridgehead atoms. The van der Waals surface area contributed by atoms with Crippen LogP contribution in [0, 0.1) is 11.6 Å². The first-order valence-corrected chi connectivity index (χ1v) is 6.43. The van der Waals surface area contributed by atoms with Crippen LogP contribution in [0.5, 0.6) is 5.75 Å². The van der Waals surface area contributed by atoms with E-state index in [0.717, 1.165) is 0 Å². The van der Waals surface area contributed by atoms with E-state index in [9.17, 15) is 8.78 Å². The highest BCUT2D eigenvalue weighted by Gasteiger charge is 2.16. The quantitative estimate of drug-likeness (QED) is 0.664. The molecule has 0 unspecified atom stereocenters. The topological polar surface area (TPSA) is 35.0 Å². The monoisotopic (exact) mass is 306 g/mol. The molecular weight excluding hydrogens is 298 g/mol. The van der Waals surface area contributed by atoms with Gasteiger partial charge in [0, 0.05) is 11.5 Å². The Hall–Kier alpha value is -2.27. The number of hydrogen-bond donors (Lipinski definition) is 0. The average molecular weight is 307 g/mol. The van der Waals surface area contributed by atoms with Gasteiger partial charge in [0.25, 0.3) is 0 Å². The van der Waals surface area contributed by atoms with Crippen molar-refractivity contribution in [3.05, 3.63) is 53.2 Å². The second-order valence-corrected chi connectivity index (χ2v) is 4.67. The molecule has 21 heavy (non-hydrogen) atoms. The van der Waals surface area contributed by atoms with Gasteiger partial charge in [-0.3, -0.25) is 0 Å². The lowest BCUT2D eigenvalue weighted by Gasteiger charge is -2.09. The molecule has 0 aliphatic rings. The van der Waals surface area contributed by atoms with Gasteiger partial charge in [-0.1, -0.05) is 17.7 Å². The van der Waals surface area contributed by atoms with Crippen molar-refractivity contribution < 1.29 is 13.5 Å². The maximum atomic E-state index is 14.1. The molecule has 106 valence electrons. The van der Waals surface area contributed by atoms with Crippen LogP contribution < -0.4 is 4.74 Å². The fourth-order valence-electron chi connectivity index (χ4n) is 2.07. The lowest BCUT2D eigenvalue weighted by molar-refractivity contribution is 0.413. The minimum atomic E-state index is -0.541. The molecular formula is C15H9ClF2N2O. The van der Waals surface area contributed by atoms with E-state index in [2.05, 4.69) is 9.97 Å². The van der Waals surface area contributed by atoms with E-state index in [1.807, 2.05) is 0 Å². The third kappa shape index (κ3) is 2.40. The van der Waals surface area contributed by atoms with E-state index in [1.54, 1.807) is 6.07 Å². The Morgan fingerprint density at radius 3 is 2.67 bits per heavy atom. The van der Waals surface area contributed by atoms with Gasteiger partial charge in [0.1, 0.15) is 22.5 Å². The minimum absolute atomic E-state index is 0.0491. The van der Waals surface area contributed by atoms with Gasteiger partial charge in [-0.2, -0.15) is 0 Å². The molecule has 1 heterocycles. The summed E-state index contributed by atoms with van der Waals surface area (Å²) in [4.78, 5) is 8.26. The number of nitrogens with zero attached hydrogens (tertiary/aromatic N) is 2. The summed E-state index contributed by atoms with van der Waals surface area (Å²) in [5, 5.41) is 0.623. The molecule has 0 aliphatic heterocycles. The van der Waals surface area contributed by atoms with Crippen LogP contribution in [-0.4, -0.2) is 17.1 Å². The Kier molecular flexibility index (Phi) is 3.43. The van der Waals surface area contributed by atoms with Crippen LogP contribution in [0.2, 0.25) is 5.15 Å². The van der Waals surface area contributed by atoms with E-state index >= 15 is 0 Å². The van der Waals surface area contributed by atoms with E-state index in [-0.39, 0.29) is 22.3 Å². The van der Waals surface area contributed by atoms with Crippen molar-refractivity contribution in [1.29, 1.82) is 0 Å². The van der Waals surface area contributed by atoms with Crippen molar-refractivity contribution in [2.75, 3.05) is 7.11 Å². The number of methoxy groups -OCH3 is 1. The Labute approximate surface area is 124 Å². The highest BCUT2D eigenvalue weighted by Crippen LogP contribution is 2.32. The second-order valence-electron chi connectivity index (χ2n) is 4.32. The summed E-state index contributed by atoms with van der Waals surface area (Å²) in [5.74, 6) is -0.667. The van der Waals surface area contributed by atoms with Crippen molar-refractivity contribution in [3.63, 3.8) is 0 Å². The molecule has 0 aliphatic carbocycles. The molecule has 1 aromatic heterocycles. The largest absolute Gasteiger partial charge is 0.496 e. The Morgan fingerprint density at radius 2 is 1.90 bits per heavy atom. The molecule has 3 aromatic rings. The Balaban J connectivity index is 2.31. The SMILES string of the molecule is COc1cccc(F)c1-c1nc(Cl)c2ccc(F)cc2n1. The summed E-state index contributed by atoms with van der Waals surface area (Å²) in [6, 6.07) is 8.34. The third-order valence-corrected chi connectivity index (χ3v) is 3.32. The smallest absolute Gasteiger partial charge is 0.168 e. The predicted octanol–water partition coefficient (Wildman–Crippen LogP) is 4.24. The van der Waals surface area contributed by atoms with Gasteiger partial charge in [-0.05, 0) is 24.3 Å². The first-order chi connectivity index (χ1) is 10.1. The normalized spacial score (nSPS) is 10.9. The fourth-order valence-corrected chi connectivity index (χ4v) is 2.31. The molecule has 0 saturated carbocycles. The van der Waals surface area contributed by atoms with Crippen LogP contribution in [0.4, 0.5) is 8.78 Å². The number of ether oxygens (including phenoxy) is 1. The summed E-state index contributed by atoms with van der Waals surface area (Å²) >= 11 is 6.08. The zero-order chi connectivity index (χ0) is 15.0. The number of aromatic nitrogens is 2. The molecule has 0 radical (unpaired) electrons. The first kappa shape index (κ1) is 13.7. The lowest BCUT2D eigenvalue weighted by atomic mass is 10.1. The molecule has 0 saturated heterocycles. The van der Waals surface area contributed by atoms with Gasteiger partial charge in [0.15, 0.2) is 5.82 Å². The van der Waals surface area contributed by atoms with E-state index < -0.39 is 11.6 Å². The maximum absolute atomic E-state index is 14.1. The fraction of sp³-hybridized carbons (Fsp3) is 0.0667. The zero-order valence-corrected chi connectivity index (χ0v) is 11.7. The third-order valence-electron chi connectivity index (χ3n) is 3.03. The number of hydrogen-bond acceptors (Lipinski definition) is 3. The van der Waals surface area contributed by atoms with Crippen molar-refractivity contribution in [3.8, 4) is 17.1 Å². The number of halogens is 3. The minimum Gasteiger partial charge on any atom is -0.496 e. The summed E-state index contributed by atoms with van der Waals surface area (Å²) in [6.45, 7) is 0. The highest BCUT2D eigenvalue weighted by atomic mass is 35.5.